The maximum Gasteiger partial charge on any atom is 0.338 e. The molecule has 0 aromatic heterocycles. The molecule has 0 spiro atoms. The second-order valence-electron chi connectivity index (χ2n) is 2.65. The van der Waals surface area contributed by atoms with E-state index in [1.165, 1.54) is 0 Å². The van der Waals surface area contributed by atoms with Crippen LogP contribution in [0, 0.1) is 0 Å². The summed E-state index contributed by atoms with van der Waals surface area (Å²) in [5, 5.41) is 10.6. The van der Waals surface area contributed by atoms with Gasteiger partial charge in [0.2, 0.25) is 0 Å². The first-order valence-electron chi connectivity index (χ1n) is 4.61. The maximum atomic E-state index is 10.9. The third-order valence-electron chi connectivity index (χ3n) is 1.32. The van der Waals surface area contributed by atoms with Crippen LogP contribution in [-0.2, 0) is 19.1 Å². The third-order valence-corrected chi connectivity index (χ3v) is 1.32. The largest absolute Gasteiger partial charge is 0.479 e. The normalized spacial score (nSPS) is 9.81. The monoisotopic (exact) mass is 236 g/mol. The van der Waals surface area contributed by atoms with Crippen molar-refractivity contribution in [1.29, 1.82) is 0 Å². The second kappa shape index (κ2) is 10.1. The standard InChI is InChI=1S/C8H16N2O6/c1-14-4-5-15-3-2-9-8(13)10-16-6-7(11)12/h2-6H2,1H3,(H,11,12)(H2,9,10,13). The quantitative estimate of drug-likeness (QED) is 0.349. The van der Waals surface area contributed by atoms with E-state index >= 15 is 0 Å². The van der Waals surface area contributed by atoms with Gasteiger partial charge < -0.3 is 19.9 Å². The lowest BCUT2D eigenvalue weighted by atomic mass is 10.6. The lowest BCUT2D eigenvalue weighted by Crippen LogP contribution is -2.38. The van der Waals surface area contributed by atoms with E-state index < -0.39 is 18.6 Å². The molecule has 0 saturated carbocycles. The van der Waals surface area contributed by atoms with Crippen LogP contribution in [0.3, 0.4) is 0 Å². The number of urea groups is 1. The molecule has 0 aromatic carbocycles. The minimum Gasteiger partial charge on any atom is -0.479 e. The molecule has 2 amide bonds. The van der Waals surface area contributed by atoms with E-state index in [1.54, 1.807) is 7.11 Å². The topological polar surface area (TPSA) is 106 Å². The van der Waals surface area contributed by atoms with E-state index in [0.717, 1.165) is 0 Å². The molecular weight excluding hydrogens is 220 g/mol. The van der Waals surface area contributed by atoms with Crippen LogP contribution in [-0.4, -0.2) is 57.2 Å². The fourth-order valence-corrected chi connectivity index (χ4v) is 0.681. The average Bonchev–Trinajstić information content (AvgIpc) is 2.22. The highest BCUT2D eigenvalue weighted by molar-refractivity contribution is 5.73. The predicted molar refractivity (Wildman–Crippen MR) is 52.8 cm³/mol. The molecular formula is C8H16N2O6. The Morgan fingerprint density at radius 2 is 2.00 bits per heavy atom. The Kier molecular flexibility index (Phi) is 9.27. The van der Waals surface area contributed by atoms with Crippen LogP contribution in [0.25, 0.3) is 0 Å². The Labute approximate surface area is 92.8 Å². The zero-order valence-electron chi connectivity index (χ0n) is 9.02. The first-order chi connectivity index (χ1) is 7.66. The van der Waals surface area contributed by atoms with E-state index in [-0.39, 0.29) is 0 Å². The number of carboxylic acid groups (broad SMARTS) is 1. The van der Waals surface area contributed by atoms with Gasteiger partial charge in [-0.15, -0.1) is 0 Å². The fraction of sp³-hybridized carbons (Fsp3) is 0.750. The van der Waals surface area contributed by atoms with Crippen molar-refractivity contribution in [2.24, 2.45) is 0 Å². The SMILES string of the molecule is COCCOCCNC(=O)NOCC(=O)O. The van der Waals surface area contributed by atoms with Gasteiger partial charge in [0.25, 0.3) is 0 Å². The summed E-state index contributed by atoms with van der Waals surface area (Å²) in [7, 11) is 1.56. The molecule has 0 aromatic rings. The summed E-state index contributed by atoms with van der Waals surface area (Å²) >= 11 is 0. The highest BCUT2D eigenvalue weighted by Crippen LogP contribution is 1.75. The van der Waals surface area contributed by atoms with Crippen LogP contribution in [0.1, 0.15) is 0 Å². The summed E-state index contributed by atoms with van der Waals surface area (Å²) in [6.45, 7) is 1.00. The first kappa shape index (κ1) is 14.6. The summed E-state index contributed by atoms with van der Waals surface area (Å²) < 4.78 is 9.81. The van der Waals surface area contributed by atoms with Gasteiger partial charge in [0.1, 0.15) is 0 Å². The lowest BCUT2D eigenvalue weighted by Gasteiger charge is -2.06. The predicted octanol–water partition coefficient (Wildman–Crippen LogP) is -1.04. The maximum absolute atomic E-state index is 10.9. The second-order valence-corrected chi connectivity index (χ2v) is 2.65. The number of carboxylic acids is 1. The van der Waals surface area contributed by atoms with E-state index in [0.29, 0.717) is 26.4 Å². The molecule has 16 heavy (non-hydrogen) atoms. The van der Waals surface area contributed by atoms with Crippen molar-refractivity contribution in [3.05, 3.63) is 0 Å². The first-order valence-corrected chi connectivity index (χ1v) is 4.61. The molecule has 0 atom stereocenters. The summed E-state index contributed by atoms with van der Waals surface area (Å²) in [5.41, 5.74) is 1.90. The number of aliphatic carboxylic acids is 1. The Morgan fingerprint density at radius 1 is 1.25 bits per heavy atom. The molecule has 3 N–H and O–H groups in total. The van der Waals surface area contributed by atoms with Gasteiger partial charge in [0, 0.05) is 13.7 Å². The number of hydrogen-bond donors (Lipinski definition) is 3. The molecule has 0 aliphatic rings. The minimum absolute atomic E-state index is 0.298. The molecule has 94 valence electrons. The molecule has 0 fully saturated rings. The molecule has 0 rings (SSSR count). The Balaban J connectivity index is 3.20. The van der Waals surface area contributed by atoms with Gasteiger partial charge in [-0.2, -0.15) is 0 Å². The van der Waals surface area contributed by atoms with Gasteiger partial charge in [-0.25, -0.2) is 15.1 Å². The zero-order valence-corrected chi connectivity index (χ0v) is 9.02. The minimum atomic E-state index is -1.16. The summed E-state index contributed by atoms with van der Waals surface area (Å²) in [4.78, 5) is 25.2. The Hall–Kier alpha value is -1.38. The summed E-state index contributed by atoms with van der Waals surface area (Å²) in [5.74, 6) is -1.16. The number of carbonyl (C=O) groups is 2. The third kappa shape index (κ3) is 10.7. The molecule has 8 nitrogen and oxygen atoms in total. The molecule has 8 heteroatoms. The number of ether oxygens (including phenoxy) is 2. The Morgan fingerprint density at radius 3 is 2.62 bits per heavy atom. The van der Waals surface area contributed by atoms with Crippen LogP contribution < -0.4 is 10.8 Å². The van der Waals surface area contributed by atoms with Gasteiger partial charge in [-0.3, -0.25) is 4.84 Å². The molecule has 0 saturated heterocycles. The van der Waals surface area contributed by atoms with Crippen molar-refractivity contribution in [2.75, 3.05) is 40.1 Å². The highest BCUT2D eigenvalue weighted by atomic mass is 16.7. The highest BCUT2D eigenvalue weighted by Gasteiger charge is 2.01. The average molecular weight is 236 g/mol. The molecule has 0 unspecified atom stereocenters. The lowest BCUT2D eigenvalue weighted by molar-refractivity contribution is -0.144. The van der Waals surface area contributed by atoms with Crippen LogP contribution in [0.2, 0.25) is 0 Å². The molecule has 0 aliphatic carbocycles. The number of nitrogens with one attached hydrogen (secondary N) is 2. The Bertz CT molecular complexity index is 211. The van der Waals surface area contributed by atoms with E-state index in [9.17, 15) is 9.59 Å². The summed E-state index contributed by atoms with van der Waals surface area (Å²) in [6, 6.07) is -0.614. The van der Waals surface area contributed by atoms with Gasteiger partial charge in [0.15, 0.2) is 6.61 Å². The van der Waals surface area contributed by atoms with E-state index in [1.807, 2.05) is 5.48 Å². The smallest absolute Gasteiger partial charge is 0.338 e. The number of methoxy groups -OCH3 is 1. The van der Waals surface area contributed by atoms with E-state index in [2.05, 4.69) is 10.2 Å². The number of rotatable bonds is 9. The zero-order chi connectivity index (χ0) is 12.2. The molecule has 0 radical (unpaired) electrons. The van der Waals surface area contributed by atoms with Gasteiger partial charge >= 0.3 is 12.0 Å². The van der Waals surface area contributed by atoms with E-state index in [4.69, 9.17) is 14.6 Å². The van der Waals surface area contributed by atoms with Crippen molar-refractivity contribution >= 4 is 12.0 Å². The fourth-order valence-electron chi connectivity index (χ4n) is 0.681. The van der Waals surface area contributed by atoms with Gasteiger partial charge in [-0.1, -0.05) is 0 Å². The van der Waals surface area contributed by atoms with Crippen LogP contribution in [0.5, 0.6) is 0 Å². The van der Waals surface area contributed by atoms with Crippen molar-refractivity contribution in [1.82, 2.24) is 10.8 Å². The number of hydroxylamine groups is 1. The summed E-state index contributed by atoms with van der Waals surface area (Å²) in [6.07, 6.45) is 0. The van der Waals surface area contributed by atoms with Gasteiger partial charge in [0.05, 0.1) is 19.8 Å². The van der Waals surface area contributed by atoms with Crippen molar-refractivity contribution < 1.29 is 29.0 Å². The van der Waals surface area contributed by atoms with Crippen molar-refractivity contribution in [3.8, 4) is 0 Å². The van der Waals surface area contributed by atoms with Crippen LogP contribution in [0.15, 0.2) is 0 Å². The molecule has 0 heterocycles. The number of amides is 2. The van der Waals surface area contributed by atoms with Gasteiger partial charge in [-0.05, 0) is 0 Å². The van der Waals surface area contributed by atoms with Crippen molar-refractivity contribution in [3.63, 3.8) is 0 Å². The van der Waals surface area contributed by atoms with Crippen molar-refractivity contribution in [2.45, 2.75) is 0 Å². The number of carbonyl (C=O) groups excluding carboxylic acids is 1. The molecule has 0 bridgehead atoms. The molecule has 0 aliphatic heterocycles. The van der Waals surface area contributed by atoms with Crippen LogP contribution >= 0.6 is 0 Å². The number of hydrogen-bond acceptors (Lipinski definition) is 5. The van der Waals surface area contributed by atoms with Crippen LogP contribution in [0.4, 0.5) is 4.79 Å².